The summed E-state index contributed by atoms with van der Waals surface area (Å²) < 4.78 is 5.31. The molecule has 0 radical (unpaired) electrons. The second-order valence-electron chi connectivity index (χ2n) is 7.25. The lowest BCUT2D eigenvalue weighted by Crippen LogP contribution is -2.39. The Labute approximate surface area is 145 Å². The number of aliphatic hydroxyl groups excluding tert-OH is 1. The van der Waals surface area contributed by atoms with Gasteiger partial charge in [-0.1, -0.05) is 12.1 Å². The summed E-state index contributed by atoms with van der Waals surface area (Å²) >= 11 is 0. The summed E-state index contributed by atoms with van der Waals surface area (Å²) in [6.07, 6.45) is 2.12. The van der Waals surface area contributed by atoms with Crippen LogP contribution in [0.15, 0.2) is 24.3 Å². The minimum atomic E-state index is -0.365. The third kappa shape index (κ3) is 5.58. The normalized spacial score (nSPS) is 17.0. The third-order valence-electron chi connectivity index (χ3n) is 4.81. The van der Waals surface area contributed by atoms with Crippen molar-refractivity contribution in [1.29, 1.82) is 0 Å². The Hall–Kier alpha value is -1.43. The summed E-state index contributed by atoms with van der Waals surface area (Å²) in [7, 11) is 1.64. The van der Waals surface area contributed by atoms with Crippen LogP contribution in [0.2, 0.25) is 0 Å². The number of benzene rings is 1. The molecule has 1 aliphatic heterocycles. The van der Waals surface area contributed by atoms with Crippen LogP contribution in [0.3, 0.4) is 0 Å². The zero-order chi connectivity index (χ0) is 17.6. The van der Waals surface area contributed by atoms with E-state index in [0.29, 0.717) is 24.6 Å². The lowest BCUT2D eigenvalue weighted by atomic mass is 9.97. The molecule has 0 aromatic heterocycles. The van der Waals surface area contributed by atoms with E-state index in [4.69, 9.17) is 4.74 Å². The average molecular weight is 334 g/mol. The van der Waals surface area contributed by atoms with Gasteiger partial charge in [0.15, 0.2) is 0 Å². The minimum Gasteiger partial charge on any atom is -0.396 e. The van der Waals surface area contributed by atoms with Gasteiger partial charge in [0.1, 0.15) is 0 Å². The molecule has 1 aliphatic rings. The molecule has 24 heavy (non-hydrogen) atoms. The van der Waals surface area contributed by atoms with Crippen molar-refractivity contribution in [2.24, 2.45) is 5.92 Å². The van der Waals surface area contributed by atoms with Crippen molar-refractivity contribution in [2.45, 2.75) is 38.8 Å². The van der Waals surface area contributed by atoms with Gasteiger partial charge in [-0.25, -0.2) is 0 Å². The van der Waals surface area contributed by atoms with Gasteiger partial charge in [-0.3, -0.25) is 9.69 Å². The van der Waals surface area contributed by atoms with Crippen molar-refractivity contribution >= 4 is 5.91 Å². The first-order valence-electron chi connectivity index (χ1n) is 8.69. The number of carbonyl (C=O) groups is 1. The maximum atomic E-state index is 12.2. The van der Waals surface area contributed by atoms with Crippen LogP contribution >= 0.6 is 0 Å². The maximum Gasteiger partial charge on any atom is 0.251 e. The topological polar surface area (TPSA) is 61.8 Å². The molecule has 0 bridgehead atoms. The first-order valence-corrected chi connectivity index (χ1v) is 8.69. The predicted octanol–water partition coefficient (Wildman–Crippen LogP) is 2.05. The summed E-state index contributed by atoms with van der Waals surface area (Å²) in [5, 5.41) is 12.1. The number of likely N-dealkylation sites (tertiary alicyclic amines) is 1. The van der Waals surface area contributed by atoms with Gasteiger partial charge in [-0.05, 0) is 63.4 Å². The van der Waals surface area contributed by atoms with Crippen molar-refractivity contribution in [3.8, 4) is 0 Å². The monoisotopic (exact) mass is 334 g/mol. The number of aliphatic hydroxyl groups is 1. The van der Waals surface area contributed by atoms with Gasteiger partial charge < -0.3 is 15.2 Å². The summed E-state index contributed by atoms with van der Waals surface area (Å²) in [6.45, 7) is 7.62. The number of ether oxygens (including phenoxy) is 1. The summed E-state index contributed by atoms with van der Waals surface area (Å²) in [5.41, 5.74) is 1.52. The first kappa shape index (κ1) is 18.9. The number of hydrogen-bond acceptors (Lipinski definition) is 4. The second-order valence-corrected chi connectivity index (χ2v) is 7.25. The number of nitrogens with one attached hydrogen (secondary N) is 1. The fourth-order valence-electron chi connectivity index (χ4n) is 2.81. The zero-order valence-corrected chi connectivity index (χ0v) is 15.0. The molecule has 2 N–H and O–H groups in total. The number of hydrogen-bond donors (Lipinski definition) is 2. The van der Waals surface area contributed by atoms with E-state index in [1.807, 2.05) is 38.1 Å². The van der Waals surface area contributed by atoms with Gasteiger partial charge in [0.25, 0.3) is 5.91 Å². The Balaban J connectivity index is 1.83. The van der Waals surface area contributed by atoms with Crippen LogP contribution in [0.4, 0.5) is 0 Å². The van der Waals surface area contributed by atoms with E-state index in [0.717, 1.165) is 32.5 Å². The molecule has 1 fully saturated rings. The smallest absolute Gasteiger partial charge is 0.251 e. The van der Waals surface area contributed by atoms with Crippen molar-refractivity contribution in [2.75, 3.05) is 33.4 Å². The lowest BCUT2D eigenvalue weighted by molar-refractivity contribution is 0.0229. The summed E-state index contributed by atoms with van der Waals surface area (Å²) in [4.78, 5) is 14.6. The maximum absolute atomic E-state index is 12.2. The molecule has 1 aromatic rings. The van der Waals surface area contributed by atoms with E-state index in [1.165, 1.54) is 5.56 Å². The van der Waals surface area contributed by atoms with Gasteiger partial charge in [0.05, 0.1) is 5.60 Å². The van der Waals surface area contributed by atoms with Crippen LogP contribution in [-0.4, -0.2) is 54.9 Å². The van der Waals surface area contributed by atoms with Crippen molar-refractivity contribution in [3.63, 3.8) is 0 Å². The van der Waals surface area contributed by atoms with Gasteiger partial charge in [-0.15, -0.1) is 0 Å². The Kier molecular flexibility index (Phi) is 6.78. The van der Waals surface area contributed by atoms with E-state index in [-0.39, 0.29) is 11.5 Å². The van der Waals surface area contributed by atoms with Crippen LogP contribution in [0.5, 0.6) is 0 Å². The fraction of sp³-hybridized carbons (Fsp3) is 0.632. The molecule has 0 saturated carbocycles. The molecule has 1 aromatic carbocycles. The number of rotatable bonds is 7. The van der Waals surface area contributed by atoms with E-state index >= 15 is 0 Å². The quantitative estimate of drug-likeness (QED) is 0.801. The van der Waals surface area contributed by atoms with Crippen LogP contribution in [0.1, 0.15) is 42.6 Å². The van der Waals surface area contributed by atoms with Gasteiger partial charge in [0.2, 0.25) is 0 Å². The Morgan fingerprint density at radius 1 is 1.29 bits per heavy atom. The van der Waals surface area contributed by atoms with E-state index < -0.39 is 0 Å². The molecule has 5 nitrogen and oxygen atoms in total. The highest BCUT2D eigenvalue weighted by molar-refractivity contribution is 5.94. The molecule has 1 heterocycles. The van der Waals surface area contributed by atoms with Crippen molar-refractivity contribution in [3.05, 3.63) is 35.4 Å². The molecule has 0 atom stereocenters. The highest BCUT2D eigenvalue weighted by atomic mass is 16.5. The van der Waals surface area contributed by atoms with Crippen LogP contribution in [0, 0.1) is 5.92 Å². The van der Waals surface area contributed by atoms with Crippen molar-refractivity contribution < 1.29 is 14.6 Å². The Bertz CT molecular complexity index is 520. The standard InChI is InChI=1S/C19H30N2O3/c1-19(2,24-3)14-20-18(23)17-6-4-15(5-7-17)12-21-10-8-16(13-22)9-11-21/h4-7,16,22H,8-14H2,1-3H3,(H,20,23). The molecule has 5 heteroatoms. The molecule has 1 amide bonds. The van der Waals surface area contributed by atoms with Gasteiger partial charge in [-0.2, -0.15) is 0 Å². The van der Waals surface area contributed by atoms with Crippen molar-refractivity contribution in [1.82, 2.24) is 10.2 Å². The molecule has 0 spiro atoms. The first-order chi connectivity index (χ1) is 11.4. The molecule has 134 valence electrons. The Morgan fingerprint density at radius 2 is 1.92 bits per heavy atom. The van der Waals surface area contributed by atoms with Crippen LogP contribution < -0.4 is 5.32 Å². The molecular formula is C19H30N2O3. The molecule has 2 rings (SSSR count). The summed E-state index contributed by atoms with van der Waals surface area (Å²) in [5.74, 6) is 0.388. The number of amides is 1. The largest absolute Gasteiger partial charge is 0.396 e. The van der Waals surface area contributed by atoms with Gasteiger partial charge >= 0.3 is 0 Å². The third-order valence-corrected chi connectivity index (χ3v) is 4.81. The Morgan fingerprint density at radius 3 is 2.46 bits per heavy atom. The van der Waals surface area contributed by atoms with Crippen LogP contribution in [-0.2, 0) is 11.3 Å². The summed E-state index contributed by atoms with van der Waals surface area (Å²) in [6, 6.07) is 7.80. The number of piperidine rings is 1. The van der Waals surface area contributed by atoms with Crippen LogP contribution in [0.25, 0.3) is 0 Å². The lowest BCUT2D eigenvalue weighted by Gasteiger charge is -2.31. The molecule has 0 aliphatic carbocycles. The van der Waals surface area contributed by atoms with E-state index in [1.54, 1.807) is 7.11 Å². The van der Waals surface area contributed by atoms with Gasteiger partial charge in [0, 0.05) is 32.4 Å². The molecule has 0 unspecified atom stereocenters. The SMILES string of the molecule is COC(C)(C)CNC(=O)c1ccc(CN2CCC(CO)CC2)cc1. The van der Waals surface area contributed by atoms with E-state index in [9.17, 15) is 9.90 Å². The molecule has 1 saturated heterocycles. The number of methoxy groups -OCH3 is 1. The highest BCUT2D eigenvalue weighted by Crippen LogP contribution is 2.18. The fourth-order valence-corrected chi connectivity index (χ4v) is 2.81. The minimum absolute atomic E-state index is 0.0737. The predicted molar refractivity (Wildman–Crippen MR) is 95.0 cm³/mol. The van der Waals surface area contributed by atoms with E-state index in [2.05, 4.69) is 10.2 Å². The average Bonchev–Trinajstić information content (AvgIpc) is 2.61. The molecular weight excluding hydrogens is 304 g/mol. The zero-order valence-electron chi connectivity index (χ0n) is 15.0. The second kappa shape index (κ2) is 8.60. The highest BCUT2D eigenvalue weighted by Gasteiger charge is 2.19. The number of carbonyl (C=O) groups excluding carboxylic acids is 1. The number of nitrogens with zero attached hydrogens (tertiary/aromatic N) is 1.